The van der Waals surface area contributed by atoms with E-state index in [1.807, 2.05) is 0 Å². The van der Waals surface area contributed by atoms with E-state index in [4.69, 9.17) is 17.5 Å². The molecule has 0 aliphatic carbocycles. The molecule has 0 fully saturated rings. The zero-order valence-electron chi connectivity index (χ0n) is 9.44. The summed E-state index contributed by atoms with van der Waals surface area (Å²) < 4.78 is -0.249. The summed E-state index contributed by atoms with van der Waals surface area (Å²) in [6.45, 7) is 6.64. The lowest BCUT2D eigenvalue weighted by molar-refractivity contribution is -1.02. The van der Waals surface area contributed by atoms with Crippen LogP contribution in [0.1, 0.15) is 27.7 Å². The monoisotopic (exact) mass is 207 g/mol. The molecule has 0 saturated carbocycles. The Hall–Kier alpha value is -0.280. The predicted octanol–water partition coefficient (Wildman–Crippen LogP) is -0.657. The van der Waals surface area contributed by atoms with E-state index >= 15 is 0 Å². The highest BCUT2D eigenvalue weighted by molar-refractivity contribution is 4.71. The molecular weight excluding hydrogens is 186 g/mol. The van der Waals surface area contributed by atoms with Crippen LogP contribution in [0.3, 0.4) is 0 Å². The van der Waals surface area contributed by atoms with Gasteiger partial charge in [-0.1, -0.05) is 0 Å². The molecule has 0 heterocycles. The summed E-state index contributed by atoms with van der Waals surface area (Å²) in [6, 6.07) is 0. The van der Waals surface area contributed by atoms with Crippen LogP contribution in [0.15, 0.2) is 0 Å². The molecule has 0 saturated heterocycles. The Labute approximate surface area is 84.4 Å². The van der Waals surface area contributed by atoms with Gasteiger partial charge in [0.1, 0.15) is 0 Å². The van der Waals surface area contributed by atoms with Crippen molar-refractivity contribution >= 4 is 0 Å². The molecule has 0 bridgehead atoms. The first kappa shape index (κ1) is 13.7. The smallest absolute Gasteiger partial charge is 0.180 e. The molecule has 0 aromatic heterocycles. The van der Waals surface area contributed by atoms with E-state index < -0.39 is 11.3 Å². The van der Waals surface area contributed by atoms with Crippen LogP contribution in [0.25, 0.3) is 0 Å². The Morgan fingerprint density at radius 3 is 1.86 bits per heavy atom. The van der Waals surface area contributed by atoms with E-state index in [0.717, 1.165) is 0 Å². The van der Waals surface area contributed by atoms with Crippen molar-refractivity contribution in [3.8, 4) is 0 Å². The molecule has 0 aliphatic rings. The molecule has 0 rings (SSSR count). The third-order valence-electron chi connectivity index (χ3n) is 2.88. The Balaban J connectivity index is 5.07. The van der Waals surface area contributed by atoms with Crippen LogP contribution >= 0.6 is 0 Å². The summed E-state index contributed by atoms with van der Waals surface area (Å²) in [7, 11) is 1.63. The molecule has 14 heavy (non-hydrogen) atoms. The van der Waals surface area contributed by atoms with Gasteiger partial charge >= 0.3 is 0 Å². The van der Waals surface area contributed by atoms with Gasteiger partial charge in [-0.05, 0) is 0 Å². The highest BCUT2D eigenvalue weighted by atomic mass is 17.0. The van der Waals surface area contributed by atoms with Gasteiger partial charge in [0.15, 0.2) is 11.3 Å². The molecule has 7 heteroatoms. The highest BCUT2D eigenvalue weighted by Crippen LogP contribution is 2.27. The van der Waals surface area contributed by atoms with Crippen molar-refractivity contribution in [2.24, 2.45) is 17.5 Å². The van der Waals surface area contributed by atoms with Crippen LogP contribution in [-0.4, -0.2) is 28.2 Å². The summed E-state index contributed by atoms with van der Waals surface area (Å²) in [5.74, 6) is 10.8. The van der Waals surface area contributed by atoms with Crippen molar-refractivity contribution in [2.75, 3.05) is 7.05 Å². The topological polar surface area (TPSA) is 114 Å². The number of hydrogen-bond acceptors (Lipinski definition) is 6. The maximum atomic E-state index is 11.3. The molecular formula is C7H21N5O2. The minimum atomic E-state index is -1.09. The molecule has 7 nitrogen and oxygen atoms in total. The number of nitrogens with zero attached hydrogens (tertiary/aromatic N) is 2. The zero-order valence-corrected chi connectivity index (χ0v) is 9.44. The molecule has 86 valence electrons. The molecule has 0 aromatic rings. The fraction of sp³-hybridized carbons (Fsp3) is 1.00. The normalized spacial score (nSPS) is 18.4. The van der Waals surface area contributed by atoms with Crippen molar-refractivity contribution in [3.63, 3.8) is 0 Å². The third kappa shape index (κ3) is 2.04. The number of hydrogen-bond donors (Lipinski definition) is 3. The quantitative estimate of drug-likeness (QED) is 0.244. The molecule has 0 aliphatic heterocycles. The summed E-state index contributed by atoms with van der Waals surface area (Å²) in [5, 5.41) is 11.6. The van der Waals surface area contributed by atoms with Crippen molar-refractivity contribution in [2.45, 2.75) is 39.0 Å². The summed E-state index contributed by atoms with van der Waals surface area (Å²) in [6.07, 6.45) is 0. The van der Waals surface area contributed by atoms with Crippen LogP contribution in [0.5, 0.6) is 0 Å². The maximum absolute atomic E-state index is 11.3. The Morgan fingerprint density at radius 1 is 1.29 bits per heavy atom. The summed E-state index contributed by atoms with van der Waals surface area (Å²) in [5.41, 5.74) is 3.99. The lowest BCUT2D eigenvalue weighted by Gasteiger charge is -2.55. The first-order valence-electron chi connectivity index (χ1n) is 4.27. The summed E-state index contributed by atoms with van der Waals surface area (Å²) in [4.78, 5) is 4.12. The van der Waals surface area contributed by atoms with E-state index in [9.17, 15) is 5.21 Å². The fourth-order valence-electron chi connectivity index (χ4n) is 1.00. The molecule has 6 N–H and O–H groups in total. The van der Waals surface area contributed by atoms with Gasteiger partial charge in [0.2, 0.25) is 0 Å². The van der Waals surface area contributed by atoms with E-state index in [0.29, 0.717) is 0 Å². The average molecular weight is 207 g/mol. The maximum Gasteiger partial charge on any atom is 0.180 e. The second-order valence-corrected chi connectivity index (χ2v) is 4.59. The fourth-order valence-corrected chi connectivity index (χ4v) is 1.00. The lowest BCUT2D eigenvalue weighted by Crippen LogP contribution is -2.79. The zero-order chi connectivity index (χ0) is 11.8. The predicted molar refractivity (Wildman–Crippen MR) is 53.2 cm³/mol. The molecule has 1 unspecified atom stereocenters. The largest absolute Gasteiger partial charge is 0.756 e. The van der Waals surface area contributed by atoms with Gasteiger partial charge in [-0.3, -0.25) is 5.73 Å². The Kier molecular flexibility index (Phi) is 3.63. The second-order valence-electron chi connectivity index (χ2n) is 4.59. The molecule has 0 spiro atoms. The SMILES string of the molecule is CC(C)(N)[N+](C)(N)C(C)(C)N([O-])ON. The van der Waals surface area contributed by atoms with Gasteiger partial charge in [0.05, 0.1) is 7.05 Å². The number of hydroxylamine groups is 2. The van der Waals surface area contributed by atoms with Crippen molar-refractivity contribution in [1.29, 1.82) is 0 Å². The van der Waals surface area contributed by atoms with Gasteiger partial charge < -0.3 is 5.21 Å². The van der Waals surface area contributed by atoms with Crippen molar-refractivity contribution < 1.29 is 9.53 Å². The molecule has 0 aromatic carbocycles. The van der Waals surface area contributed by atoms with Crippen LogP contribution in [0, 0.1) is 5.21 Å². The van der Waals surface area contributed by atoms with Crippen LogP contribution in [-0.2, 0) is 4.94 Å². The third-order valence-corrected chi connectivity index (χ3v) is 2.88. The van der Waals surface area contributed by atoms with E-state index in [-0.39, 0.29) is 9.82 Å². The van der Waals surface area contributed by atoms with Gasteiger partial charge in [0, 0.05) is 27.7 Å². The first-order valence-corrected chi connectivity index (χ1v) is 4.27. The van der Waals surface area contributed by atoms with Gasteiger partial charge in [0.25, 0.3) is 0 Å². The number of quaternary nitrogens is 1. The molecule has 0 amide bonds. The van der Waals surface area contributed by atoms with Crippen molar-refractivity contribution in [3.05, 3.63) is 5.21 Å². The summed E-state index contributed by atoms with van der Waals surface area (Å²) >= 11 is 0. The van der Waals surface area contributed by atoms with E-state index in [1.54, 1.807) is 34.7 Å². The number of nitrogens with two attached hydrogens (primary N) is 3. The molecule has 0 radical (unpaired) electrons. The lowest BCUT2D eigenvalue weighted by atomic mass is 10.1. The minimum Gasteiger partial charge on any atom is -0.756 e. The minimum absolute atomic E-state index is 0.238. The number of rotatable bonds is 4. The van der Waals surface area contributed by atoms with Crippen molar-refractivity contribution in [1.82, 2.24) is 5.23 Å². The van der Waals surface area contributed by atoms with Crippen LogP contribution in [0.2, 0.25) is 0 Å². The molecule has 1 atom stereocenters. The first-order chi connectivity index (χ1) is 5.98. The standard InChI is InChI=1S/C7H21N5O2/c1-6(2,8)12(5,9)7(3,4)11(13)14-10/h8-10H2,1-5H3. The Bertz CT molecular complexity index is 199. The van der Waals surface area contributed by atoms with Gasteiger partial charge in [-0.15, -0.1) is 0 Å². The van der Waals surface area contributed by atoms with Gasteiger partial charge in [-0.25, -0.2) is 9.53 Å². The van der Waals surface area contributed by atoms with Crippen LogP contribution in [0.4, 0.5) is 0 Å². The average Bonchev–Trinajstić information content (AvgIpc) is 2.00. The van der Waals surface area contributed by atoms with Crippen LogP contribution < -0.4 is 17.5 Å². The Morgan fingerprint density at radius 2 is 1.64 bits per heavy atom. The highest BCUT2D eigenvalue weighted by Gasteiger charge is 2.49. The van der Waals surface area contributed by atoms with E-state index in [1.165, 1.54) is 0 Å². The van der Waals surface area contributed by atoms with Gasteiger partial charge in [-0.2, -0.15) is 17.0 Å². The second kappa shape index (κ2) is 3.70. The van der Waals surface area contributed by atoms with E-state index in [2.05, 4.69) is 4.94 Å².